The first-order chi connectivity index (χ1) is 7.00. The second-order valence-electron chi connectivity index (χ2n) is 2.46. The molecule has 0 amide bonds. The molecule has 0 heterocycles. The maximum absolute atomic E-state index is 11.0. The molecule has 0 saturated heterocycles. The number of carboxylic acid groups (broad SMARTS) is 1. The predicted octanol–water partition coefficient (Wildman–Crippen LogP) is -2.66. The Morgan fingerprint density at radius 3 is 2.38 bits per heavy atom. The van der Waals surface area contributed by atoms with Crippen LogP contribution in [0.25, 0.3) is 0 Å². The van der Waals surface area contributed by atoms with E-state index in [1.807, 2.05) is 0 Å². The molecule has 6 nitrogen and oxygen atoms in total. The van der Waals surface area contributed by atoms with Gasteiger partial charge in [-0.25, -0.2) is 13.8 Å². The van der Waals surface area contributed by atoms with Crippen molar-refractivity contribution in [1.29, 1.82) is 0 Å². The van der Waals surface area contributed by atoms with E-state index in [1.165, 1.54) is 18.2 Å². The quantitative estimate of drug-likeness (QED) is 0.465. The maximum atomic E-state index is 11.0. The van der Waals surface area contributed by atoms with E-state index in [9.17, 15) is 18.4 Å². The number of aromatic carboxylic acids is 1. The molecule has 1 aromatic rings. The summed E-state index contributed by atoms with van der Waals surface area (Å²) in [5.74, 6) is -2.33. The zero-order valence-corrected chi connectivity index (χ0v) is 11.0. The van der Waals surface area contributed by atoms with Gasteiger partial charge in [-0.2, -0.15) is 0 Å². The standard InChI is InChI=1S/C8H6O6S.Na/c9-7(10)5-2-1-3-6(4-5)8(11)14-15(12)13;/h1-4H,(H,9,10)(H,12,13);/q;+1/p-1. The molecule has 16 heavy (non-hydrogen) atoms. The Kier molecular flexibility index (Phi) is 6.46. The molecule has 0 aliphatic carbocycles. The Morgan fingerprint density at radius 2 is 1.88 bits per heavy atom. The Hall–Kier alpha value is -0.730. The Bertz CT molecular complexity index is 432. The predicted molar refractivity (Wildman–Crippen MR) is 47.7 cm³/mol. The molecule has 80 valence electrons. The molecule has 0 saturated carbocycles. The average molecular weight is 252 g/mol. The first kappa shape index (κ1) is 15.3. The number of benzene rings is 1. The average Bonchev–Trinajstić information content (AvgIpc) is 2.17. The van der Waals surface area contributed by atoms with Crippen molar-refractivity contribution in [3.63, 3.8) is 0 Å². The van der Waals surface area contributed by atoms with Gasteiger partial charge in [0.05, 0.1) is 11.1 Å². The van der Waals surface area contributed by atoms with E-state index in [4.69, 9.17) is 5.11 Å². The van der Waals surface area contributed by atoms with Crippen LogP contribution in [0.3, 0.4) is 0 Å². The normalized spacial score (nSPS) is 11.1. The van der Waals surface area contributed by atoms with Gasteiger partial charge in [0.15, 0.2) is 0 Å². The SMILES string of the molecule is O=C(O)c1cccc(C(=O)OS(=O)[O-])c1.[Na+]. The third-order valence-electron chi connectivity index (χ3n) is 1.49. The number of hydrogen-bond acceptors (Lipinski definition) is 5. The molecule has 1 atom stereocenters. The Labute approximate surface area is 115 Å². The topological polar surface area (TPSA) is 104 Å². The smallest absolute Gasteiger partial charge is 0.740 e. The third kappa shape index (κ3) is 4.42. The van der Waals surface area contributed by atoms with E-state index in [-0.39, 0.29) is 40.7 Å². The third-order valence-corrected chi connectivity index (χ3v) is 1.78. The summed E-state index contributed by atoms with van der Waals surface area (Å²) < 4.78 is 23.9. The van der Waals surface area contributed by atoms with Crippen LogP contribution < -0.4 is 29.6 Å². The molecule has 0 spiro atoms. The minimum atomic E-state index is -2.96. The van der Waals surface area contributed by atoms with Crippen LogP contribution in [0.2, 0.25) is 0 Å². The Balaban J connectivity index is 0.00000225. The van der Waals surface area contributed by atoms with Crippen molar-refractivity contribution < 1.29 is 57.2 Å². The summed E-state index contributed by atoms with van der Waals surface area (Å²) in [4.78, 5) is 21.5. The number of carbonyl (C=O) groups excluding carboxylic acids is 1. The largest absolute Gasteiger partial charge is 1.00 e. The van der Waals surface area contributed by atoms with Crippen LogP contribution >= 0.6 is 0 Å². The van der Waals surface area contributed by atoms with Crippen LogP contribution in [0.5, 0.6) is 0 Å². The summed E-state index contributed by atoms with van der Waals surface area (Å²) in [6, 6.07) is 4.86. The first-order valence-electron chi connectivity index (χ1n) is 3.66. The van der Waals surface area contributed by atoms with Gasteiger partial charge < -0.3 is 13.8 Å². The molecule has 1 N–H and O–H groups in total. The van der Waals surface area contributed by atoms with Crippen molar-refractivity contribution in [2.24, 2.45) is 0 Å². The first-order valence-corrected chi connectivity index (χ1v) is 4.66. The van der Waals surface area contributed by atoms with Gasteiger partial charge in [0.25, 0.3) is 0 Å². The van der Waals surface area contributed by atoms with Crippen molar-refractivity contribution in [1.82, 2.24) is 0 Å². The summed E-state index contributed by atoms with van der Waals surface area (Å²) in [6.45, 7) is 0. The van der Waals surface area contributed by atoms with E-state index in [0.29, 0.717) is 0 Å². The van der Waals surface area contributed by atoms with E-state index in [0.717, 1.165) is 6.07 Å². The molecule has 0 radical (unpaired) electrons. The van der Waals surface area contributed by atoms with Crippen LogP contribution in [-0.2, 0) is 15.5 Å². The van der Waals surface area contributed by atoms with Crippen LogP contribution in [0, 0.1) is 0 Å². The van der Waals surface area contributed by atoms with Gasteiger partial charge in [-0.3, -0.25) is 0 Å². The van der Waals surface area contributed by atoms with Crippen LogP contribution in [0.1, 0.15) is 20.7 Å². The molecule has 1 unspecified atom stereocenters. The molecule has 0 aromatic heterocycles. The summed E-state index contributed by atoms with van der Waals surface area (Å²) in [5.41, 5.74) is -0.264. The molecule has 0 aliphatic heterocycles. The number of hydrogen-bond donors (Lipinski definition) is 1. The summed E-state index contributed by atoms with van der Waals surface area (Å²) >= 11 is -2.96. The fourth-order valence-corrected chi connectivity index (χ4v) is 1.11. The summed E-state index contributed by atoms with van der Waals surface area (Å²) in [5, 5.41) is 8.60. The second-order valence-corrected chi connectivity index (χ2v) is 3.04. The summed E-state index contributed by atoms with van der Waals surface area (Å²) in [7, 11) is 0. The van der Waals surface area contributed by atoms with Crippen molar-refractivity contribution in [3.8, 4) is 0 Å². The minimum Gasteiger partial charge on any atom is -0.740 e. The van der Waals surface area contributed by atoms with Gasteiger partial charge in [-0.15, -0.1) is 0 Å². The van der Waals surface area contributed by atoms with Crippen molar-refractivity contribution >= 4 is 23.3 Å². The second kappa shape index (κ2) is 6.77. The zero-order chi connectivity index (χ0) is 11.4. The monoisotopic (exact) mass is 252 g/mol. The molecule has 8 heteroatoms. The van der Waals surface area contributed by atoms with Crippen molar-refractivity contribution in [2.75, 3.05) is 0 Å². The van der Waals surface area contributed by atoms with E-state index in [2.05, 4.69) is 4.18 Å². The zero-order valence-electron chi connectivity index (χ0n) is 8.21. The molecular formula is C8H5NaO6S. The fraction of sp³-hybridized carbons (Fsp3) is 0. The van der Waals surface area contributed by atoms with Crippen molar-refractivity contribution in [2.45, 2.75) is 0 Å². The maximum Gasteiger partial charge on any atom is 1.00 e. The molecule has 0 fully saturated rings. The van der Waals surface area contributed by atoms with Gasteiger partial charge >= 0.3 is 41.5 Å². The van der Waals surface area contributed by atoms with E-state index < -0.39 is 23.3 Å². The fourth-order valence-electron chi connectivity index (χ4n) is 0.889. The molecule has 0 aliphatic rings. The molecule has 1 rings (SSSR count). The van der Waals surface area contributed by atoms with Crippen LogP contribution in [-0.4, -0.2) is 25.8 Å². The molecule has 1 aromatic carbocycles. The van der Waals surface area contributed by atoms with Gasteiger partial charge in [0.2, 0.25) is 0 Å². The summed E-state index contributed by atoms with van der Waals surface area (Å²) in [6.07, 6.45) is 0. The van der Waals surface area contributed by atoms with Crippen LogP contribution in [0.4, 0.5) is 0 Å². The molecule has 0 bridgehead atoms. The van der Waals surface area contributed by atoms with Gasteiger partial charge in [-0.05, 0) is 18.2 Å². The van der Waals surface area contributed by atoms with E-state index >= 15 is 0 Å². The van der Waals surface area contributed by atoms with Gasteiger partial charge in [0, 0.05) is 0 Å². The van der Waals surface area contributed by atoms with Gasteiger partial charge in [0.1, 0.15) is 11.4 Å². The number of carboxylic acids is 1. The van der Waals surface area contributed by atoms with E-state index in [1.54, 1.807) is 0 Å². The molecular weight excluding hydrogens is 247 g/mol. The van der Waals surface area contributed by atoms with Crippen LogP contribution in [0.15, 0.2) is 24.3 Å². The van der Waals surface area contributed by atoms with Gasteiger partial charge in [-0.1, -0.05) is 6.07 Å². The minimum absolute atomic E-state index is 0. The van der Waals surface area contributed by atoms with Crippen molar-refractivity contribution in [3.05, 3.63) is 35.4 Å². The Morgan fingerprint density at radius 1 is 1.31 bits per heavy atom. The number of carbonyl (C=O) groups is 2. The number of rotatable bonds is 3.